The molecule has 0 saturated carbocycles. The smallest absolute Gasteiger partial charge is 0.220 e. The Morgan fingerprint density at radius 2 is 2.21 bits per heavy atom. The number of hydrogen-bond acceptors (Lipinski definition) is 3. The molecule has 0 bridgehead atoms. The molecule has 1 atom stereocenters. The van der Waals surface area contributed by atoms with Crippen LogP contribution >= 0.6 is 0 Å². The molecular formula is C10H19N3O. The molecule has 14 heavy (non-hydrogen) atoms. The van der Waals surface area contributed by atoms with Gasteiger partial charge >= 0.3 is 0 Å². The van der Waals surface area contributed by atoms with Gasteiger partial charge < -0.3 is 10.2 Å². The number of nitrogens with zero attached hydrogens (tertiary/aromatic N) is 2. The first kappa shape index (κ1) is 12.9. The Bertz CT molecular complexity index is 208. The summed E-state index contributed by atoms with van der Waals surface area (Å²) in [6.07, 6.45) is 1.09. The van der Waals surface area contributed by atoms with Gasteiger partial charge in [-0.3, -0.25) is 4.79 Å². The van der Waals surface area contributed by atoms with Gasteiger partial charge in [-0.15, -0.1) is 0 Å². The van der Waals surface area contributed by atoms with Crippen LogP contribution in [0.25, 0.3) is 0 Å². The van der Waals surface area contributed by atoms with Gasteiger partial charge in [0.25, 0.3) is 0 Å². The van der Waals surface area contributed by atoms with E-state index in [1.807, 2.05) is 25.9 Å². The summed E-state index contributed by atoms with van der Waals surface area (Å²) < 4.78 is 0. The van der Waals surface area contributed by atoms with Crippen LogP contribution in [-0.2, 0) is 4.79 Å². The van der Waals surface area contributed by atoms with E-state index >= 15 is 0 Å². The molecule has 1 N–H and O–H groups in total. The van der Waals surface area contributed by atoms with Crippen LogP contribution in [0.5, 0.6) is 0 Å². The van der Waals surface area contributed by atoms with Gasteiger partial charge in [-0.2, -0.15) is 5.26 Å². The number of nitrogens with one attached hydrogen (secondary N) is 1. The van der Waals surface area contributed by atoms with E-state index in [1.54, 1.807) is 0 Å². The molecule has 0 spiro atoms. The third-order valence-electron chi connectivity index (χ3n) is 1.91. The Labute approximate surface area is 85.9 Å². The van der Waals surface area contributed by atoms with Crippen LogP contribution in [0.4, 0.5) is 0 Å². The fourth-order valence-electron chi connectivity index (χ4n) is 0.919. The van der Waals surface area contributed by atoms with Crippen LogP contribution < -0.4 is 5.32 Å². The molecule has 4 nitrogen and oxygen atoms in total. The highest BCUT2D eigenvalue weighted by Crippen LogP contribution is 2.02. The number of amides is 1. The van der Waals surface area contributed by atoms with Crippen LogP contribution in [-0.4, -0.2) is 38.0 Å². The summed E-state index contributed by atoms with van der Waals surface area (Å²) in [5.41, 5.74) is 0. The monoisotopic (exact) mass is 197 g/mol. The van der Waals surface area contributed by atoms with E-state index in [0.29, 0.717) is 19.4 Å². The lowest BCUT2D eigenvalue weighted by atomic mass is 10.1. The number of nitriles is 1. The molecule has 0 heterocycles. The van der Waals surface area contributed by atoms with Crippen molar-refractivity contribution in [3.8, 4) is 6.07 Å². The Morgan fingerprint density at radius 1 is 1.57 bits per heavy atom. The van der Waals surface area contributed by atoms with Crippen molar-refractivity contribution >= 4 is 5.91 Å². The second-order valence-corrected chi connectivity index (χ2v) is 3.72. The number of likely N-dealkylation sites (N-methyl/N-ethyl adjacent to an activating group) is 1. The lowest BCUT2D eigenvalue weighted by molar-refractivity contribution is -0.121. The van der Waals surface area contributed by atoms with Crippen molar-refractivity contribution in [3.05, 3.63) is 0 Å². The maximum atomic E-state index is 11.2. The van der Waals surface area contributed by atoms with Crippen molar-refractivity contribution in [2.45, 2.75) is 19.8 Å². The zero-order chi connectivity index (χ0) is 11.0. The van der Waals surface area contributed by atoms with Crippen LogP contribution in [0.2, 0.25) is 0 Å². The van der Waals surface area contributed by atoms with Crippen molar-refractivity contribution in [1.82, 2.24) is 10.2 Å². The Hall–Kier alpha value is -1.08. The van der Waals surface area contributed by atoms with Crippen molar-refractivity contribution in [2.24, 2.45) is 5.92 Å². The third-order valence-corrected chi connectivity index (χ3v) is 1.91. The summed E-state index contributed by atoms with van der Waals surface area (Å²) in [6.45, 7) is 3.35. The van der Waals surface area contributed by atoms with Crippen molar-refractivity contribution in [1.29, 1.82) is 5.26 Å². The van der Waals surface area contributed by atoms with Gasteiger partial charge in [-0.25, -0.2) is 0 Å². The predicted molar refractivity (Wildman–Crippen MR) is 55.6 cm³/mol. The van der Waals surface area contributed by atoms with E-state index < -0.39 is 0 Å². The lowest BCUT2D eigenvalue weighted by Crippen LogP contribution is -2.31. The van der Waals surface area contributed by atoms with Gasteiger partial charge in [-0.1, -0.05) is 0 Å². The van der Waals surface area contributed by atoms with E-state index in [0.717, 1.165) is 6.54 Å². The maximum absolute atomic E-state index is 11.2. The second-order valence-electron chi connectivity index (χ2n) is 3.72. The minimum atomic E-state index is -0.0328. The van der Waals surface area contributed by atoms with E-state index in [2.05, 4.69) is 11.4 Å². The summed E-state index contributed by atoms with van der Waals surface area (Å²) in [4.78, 5) is 13.2. The average molecular weight is 197 g/mol. The molecule has 0 fully saturated rings. The molecule has 0 aliphatic carbocycles. The molecule has 0 radical (unpaired) electrons. The summed E-state index contributed by atoms with van der Waals surface area (Å²) in [6, 6.07) is 2.11. The number of hydrogen-bond donors (Lipinski definition) is 1. The summed E-state index contributed by atoms with van der Waals surface area (Å²) >= 11 is 0. The van der Waals surface area contributed by atoms with Crippen LogP contribution in [0.1, 0.15) is 19.8 Å². The number of rotatable bonds is 6. The average Bonchev–Trinajstić information content (AvgIpc) is 2.13. The first-order valence-electron chi connectivity index (χ1n) is 4.87. The van der Waals surface area contributed by atoms with Gasteiger partial charge in [0.2, 0.25) is 5.91 Å². The highest BCUT2D eigenvalue weighted by atomic mass is 16.1. The molecule has 1 amide bonds. The molecule has 0 rings (SSSR count). The summed E-state index contributed by atoms with van der Waals surface area (Å²) in [5.74, 6) is 0.00329. The van der Waals surface area contributed by atoms with Gasteiger partial charge in [-0.05, 0) is 27.4 Å². The van der Waals surface area contributed by atoms with E-state index in [-0.39, 0.29) is 11.8 Å². The Kier molecular flexibility index (Phi) is 6.77. The highest BCUT2D eigenvalue weighted by Gasteiger charge is 2.04. The zero-order valence-corrected chi connectivity index (χ0v) is 9.21. The molecule has 0 aromatic carbocycles. The fourth-order valence-corrected chi connectivity index (χ4v) is 0.919. The maximum Gasteiger partial charge on any atom is 0.220 e. The zero-order valence-electron chi connectivity index (χ0n) is 9.21. The minimum absolute atomic E-state index is 0.0328. The van der Waals surface area contributed by atoms with Crippen LogP contribution in [0.15, 0.2) is 0 Å². The topological polar surface area (TPSA) is 56.1 Å². The second kappa shape index (κ2) is 7.34. The number of carbonyl (C=O) groups excluding carboxylic acids is 1. The lowest BCUT2D eigenvalue weighted by Gasteiger charge is -2.10. The first-order valence-corrected chi connectivity index (χ1v) is 4.87. The van der Waals surface area contributed by atoms with Gasteiger partial charge in [0.15, 0.2) is 0 Å². The van der Waals surface area contributed by atoms with Gasteiger partial charge in [0.1, 0.15) is 0 Å². The van der Waals surface area contributed by atoms with Gasteiger partial charge in [0.05, 0.1) is 6.07 Å². The fraction of sp³-hybridized carbons (Fsp3) is 0.800. The quantitative estimate of drug-likeness (QED) is 0.678. The molecule has 0 saturated heterocycles. The normalized spacial score (nSPS) is 12.2. The van der Waals surface area contributed by atoms with Crippen LogP contribution in [0.3, 0.4) is 0 Å². The molecule has 0 aliphatic rings. The molecule has 80 valence electrons. The first-order chi connectivity index (χ1) is 6.56. The summed E-state index contributed by atoms with van der Waals surface area (Å²) in [5, 5.41) is 11.3. The highest BCUT2D eigenvalue weighted by molar-refractivity contribution is 5.75. The van der Waals surface area contributed by atoms with Crippen molar-refractivity contribution < 1.29 is 4.79 Å². The van der Waals surface area contributed by atoms with E-state index in [4.69, 9.17) is 5.26 Å². The standard InChI is InChI=1S/C10H19N3O/c1-9(8-11)4-5-10(14)12-6-7-13(2)3/h9H,4-7H2,1-3H3,(H,12,14). The SMILES string of the molecule is CC(C#N)CCC(=O)NCCN(C)C. The van der Waals surface area contributed by atoms with Crippen LogP contribution in [0, 0.1) is 17.2 Å². The molecule has 0 aromatic heterocycles. The molecule has 0 aliphatic heterocycles. The third kappa shape index (κ3) is 7.56. The van der Waals surface area contributed by atoms with E-state index in [1.165, 1.54) is 0 Å². The Morgan fingerprint density at radius 3 is 2.71 bits per heavy atom. The van der Waals surface area contributed by atoms with Crippen molar-refractivity contribution in [3.63, 3.8) is 0 Å². The molecular weight excluding hydrogens is 178 g/mol. The number of carbonyl (C=O) groups is 1. The van der Waals surface area contributed by atoms with E-state index in [9.17, 15) is 4.79 Å². The predicted octanol–water partition coefficient (Wildman–Crippen LogP) is 0.604. The summed E-state index contributed by atoms with van der Waals surface area (Å²) in [7, 11) is 3.92. The Balaban J connectivity index is 3.43. The molecule has 0 aromatic rings. The van der Waals surface area contributed by atoms with Crippen molar-refractivity contribution in [2.75, 3.05) is 27.2 Å². The minimum Gasteiger partial charge on any atom is -0.355 e. The van der Waals surface area contributed by atoms with Gasteiger partial charge in [0, 0.05) is 25.4 Å². The molecule has 4 heteroatoms. The largest absolute Gasteiger partial charge is 0.355 e. The molecule has 1 unspecified atom stereocenters.